The van der Waals surface area contributed by atoms with Crippen LogP contribution in [-0.2, 0) is 14.3 Å². The molecule has 0 aromatic heterocycles. The Morgan fingerprint density at radius 1 is 1.55 bits per heavy atom. The lowest BCUT2D eigenvalue weighted by molar-refractivity contribution is 0.0890. The van der Waals surface area contributed by atoms with E-state index < -0.39 is 10.1 Å². The summed E-state index contributed by atoms with van der Waals surface area (Å²) in [6.07, 6.45) is 2.67. The molecule has 0 spiro atoms. The monoisotopic (exact) mass is 179 g/mol. The minimum atomic E-state index is -3.28. The van der Waals surface area contributed by atoms with Gasteiger partial charge in [-0.15, -0.1) is 0 Å². The maximum atomic E-state index is 10.7. The van der Waals surface area contributed by atoms with Crippen LogP contribution in [0.1, 0.15) is 12.8 Å². The van der Waals surface area contributed by atoms with Gasteiger partial charge < -0.3 is 0 Å². The van der Waals surface area contributed by atoms with Crippen LogP contribution in [0.2, 0.25) is 0 Å². The molecule has 4 nitrogen and oxygen atoms in total. The number of nitrogens with zero attached hydrogens (tertiary/aromatic N) is 1. The largest absolute Gasteiger partial charge is 0.280 e. The van der Waals surface area contributed by atoms with E-state index in [1.807, 2.05) is 11.9 Å². The average molecular weight is 179 g/mol. The molecular formula is C6H13NO3S. The standard InChI is InChI=1S/C6H13NO3S/c1-7-5-3-4-6(7)10-11(2,8)9/h6H,3-5H2,1-2H3/t6-/m0/s1. The Morgan fingerprint density at radius 3 is 2.55 bits per heavy atom. The Hall–Kier alpha value is -0.130. The third kappa shape index (κ3) is 2.76. The highest BCUT2D eigenvalue weighted by Gasteiger charge is 2.24. The van der Waals surface area contributed by atoms with Crippen molar-refractivity contribution in [1.29, 1.82) is 0 Å². The highest BCUT2D eigenvalue weighted by molar-refractivity contribution is 7.86. The molecule has 0 saturated carbocycles. The SMILES string of the molecule is CN1CCC[C@@H]1OS(C)(=O)=O. The van der Waals surface area contributed by atoms with Gasteiger partial charge in [-0.3, -0.25) is 9.08 Å². The second-order valence-electron chi connectivity index (χ2n) is 2.88. The van der Waals surface area contributed by atoms with Gasteiger partial charge in [0, 0.05) is 6.54 Å². The van der Waals surface area contributed by atoms with Gasteiger partial charge in [-0.1, -0.05) is 0 Å². The minimum Gasteiger partial charge on any atom is -0.280 e. The zero-order valence-electron chi connectivity index (χ0n) is 6.78. The first-order valence-electron chi connectivity index (χ1n) is 3.57. The molecule has 0 unspecified atom stereocenters. The lowest BCUT2D eigenvalue weighted by Gasteiger charge is -2.17. The van der Waals surface area contributed by atoms with E-state index in [0.29, 0.717) is 0 Å². The number of hydrogen-bond donors (Lipinski definition) is 0. The number of rotatable bonds is 2. The molecule has 5 heteroatoms. The van der Waals surface area contributed by atoms with Gasteiger partial charge in [-0.05, 0) is 19.9 Å². The second kappa shape index (κ2) is 3.08. The number of hydrogen-bond acceptors (Lipinski definition) is 4. The summed E-state index contributed by atoms with van der Waals surface area (Å²) in [5.74, 6) is 0. The Balaban J connectivity index is 2.50. The van der Waals surface area contributed by atoms with Crippen LogP contribution in [-0.4, -0.2) is 39.4 Å². The lowest BCUT2D eigenvalue weighted by atomic mass is 10.4. The predicted molar refractivity (Wildman–Crippen MR) is 41.6 cm³/mol. The summed E-state index contributed by atoms with van der Waals surface area (Å²) in [4.78, 5) is 1.90. The first-order valence-corrected chi connectivity index (χ1v) is 5.39. The molecule has 0 N–H and O–H groups in total. The molecule has 0 radical (unpaired) electrons. The van der Waals surface area contributed by atoms with E-state index in [-0.39, 0.29) is 6.23 Å². The molecule has 1 aliphatic heterocycles. The summed E-state index contributed by atoms with van der Waals surface area (Å²) in [5, 5.41) is 0. The molecule has 0 amide bonds. The Morgan fingerprint density at radius 2 is 2.18 bits per heavy atom. The summed E-state index contributed by atoms with van der Waals surface area (Å²) < 4.78 is 26.2. The van der Waals surface area contributed by atoms with Crippen LogP contribution in [0.15, 0.2) is 0 Å². The zero-order valence-corrected chi connectivity index (χ0v) is 7.60. The van der Waals surface area contributed by atoms with Crippen LogP contribution in [0.4, 0.5) is 0 Å². The second-order valence-corrected chi connectivity index (χ2v) is 4.48. The van der Waals surface area contributed by atoms with Crippen molar-refractivity contribution in [2.45, 2.75) is 19.1 Å². The molecule has 1 atom stereocenters. The van der Waals surface area contributed by atoms with Crippen molar-refractivity contribution in [2.24, 2.45) is 0 Å². The quantitative estimate of drug-likeness (QED) is 0.560. The maximum Gasteiger partial charge on any atom is 0.265 e. The molecule has 1 fully saturated rings. The molecule has 11 heavy (non-hydrogen) atoms. The lowest BCUT2D eigenvalue weighted by Crippen LogP contribution is -2.29. The maximum absolute atomic E-state index is 10.7. The summed E-state index contributed by atoms with van der Waals surface area (Å²) >= 11 is 0. The van der Waals surface area contributed by atoms with Gasteiger partial charge in [-0.2, -0.15) is 8.42 Å². The Labute approximate surface area is 67.3 Å². The molecule has 0 aliphatic carbocycles. The smallest absolute Gasteiger partial charge is 0.265 e. The van der Waals surface area contributed by atoms with E-state index in [0.717, 1.165) is 25.6 Å². The van der Waals surface area contributed by atoms with Crippen molar-refractivity contribution in [1.82, 2.24) is 4.90 Å². The highest BCUT2D eigenvalue weighted by atomic mass is 32.2. The van der Waals surface area contributed by atoms with Crippen LogP contribution in [0, 0.1) is 0 Å². The van der Waals surface area contributed by atoms with Gasteiger partial charge in [-0.25, -0.2) is 0 Å². The van der Waals surface area contributed by atoms with Gasteiger partial charge in [0.15, 0.2) is 0 Å². The van der Waals surface area contributed by atoms with E-state index in [9.17, 15) is 8.42 Å². The molecule has 1 heterocycles. The van der Waals surface area contributed by atoms with Gasteiger partial charge in [0.2, 0.25) is 0 Å². The first-order chi connectivity index (χ1) is 4.99. The highest BCUT2D eigenvalue weighted by Crippen LogP contribution is 2.16. The summed E-state index contributed by atoms with van der Waals surface area (Å²) in [7, 11) is -1.42. The van der Waals surface area contributed by atoms with E-state index in [2.05, 4.69) is 0 Å². The van der Waals surface area contributed by atoms with Crippen molar-refractivity contribution < 1.29 is 12.6 Å². The van der Waals surface area contributed by atoms with Crippen LogP contribution >= 0.6 is 0 Å². The predicted octanol–water partition coefficient (Wildman–Crippen LogP) is 0.0143. The minimum absolute atomic E-state index is 0.231. The molecule has 1 saturated heterocycles. The van der Waals surface area contributed by atoms with E-state index in [1.165, 1.54) is 0 Å². The third-order valence-electron chi connectivity index (χ3n) is 1.74. The fourth-order valence-corrected chi connectivity index (χ4v) is 1.85. The summed E-state index contributed by atoms with van der Waals surface area (Å²) in [6.45, 7) is 0.917. The van der Waals surface area contributed by atoms with Gasteiger partial charge in [0.25, 0.3) is 10.1 Å². The molecule has 0 aromatic carbocycles. The normalized spacial score (nSPS) is 27.6. The zero-order chi connectivity index (χ0) is 8.48. The Kier molecular flexibility index (Phi) is 2.51. The summed E-state index contributed by atoms with van der Waals surface area (Å²) in [6, 6.07) is 0. The van der Waals surface area contributed by atoms with Crippen LogP contribution in [0.3, 0.4) is 0 Å². The molecule has 0 aromatic rings. The van der Waals surface area contributed by atoms with Crippen molar-refractivity contribution in [3.8, 4) is 0 Å². The Bertz CT molecular complexity index is 224. The topological polar surface area (TPSA) is 46.6 Å². The van der Waals surface area contributed by atoms with Crippen molar-refractivity contribution in [3.05, 3.63) is 0 Å². The summed E-state index contributed by atoms with van der Waals surface area (Å²) in [5.41, 5.74) is 0. The van der Waals surface area contributed by atoms with Gasteiger partial charge >= 0.3 is 0 Å². The molecule has 1 aliphatic rings. The van der Waals surface area contributed by atoms with Crippen molar-refractivity contribution in [2.75, 3.05) is 19.8 Å². The van der Waals surface area contributed by atoms with Crippen molar-refractivity contribution in [3.63, 3.8) is 0 Å². The van der Waals surface area contributed by atoms with Crippen LogP contribution in [0.25, 0.3) is 0 Å². The van der Waals surface area contributed by atoms with E-state index in [4.69, 9.17) is 4.18 Å². The van der Waals surface area contributed by atoms with E-state index >= 15 is 0 Å². The fraction of sp³-hybridized carbons (Fsp3) is 1.00. The molecule has 0 bridgehead atoms. The number of likely N-dealkylation sites (tertiary alicyclic amines) is 1. The first kappa shape index (κ1) is 8.96. The average Bonchev–Trinajstić information content (AvgIpc) is 2.12. The third-order valence-corrected chi connectivity index (χ3v) is 2.31. The van der Waals surface area contributed by atoms with Crippen LogP contribution in [0.5, 0.6) is 0 Å². The van der Waals surface area contributed by atoms with Gasteiger partial charge in [0.05, 0.1) is 6.26 Å². The van der Waals surface area contributed by atoms with Crippen LogP contribution < -0.4 is 0 Å². The van der Waals surface area contributed by atoms with Gasteiger partial charge in [0.1, 0.15) is 6.23 Å². The van der Waals surface area contributed by atoms with Crippen molar-refractivity contribution >= 4 is 10.1 Å². The molecule has 1 rings (SSSR count). The fourth-order valence-electron chi connectivity index (χ4n) is 1.20. The molecular weight excluding hydrogens is 166 g/mol. The molecule has 66 valence electrons. The van der Waals surface area contributed by atoms with E-state index in [1.54, 1.807) is 0 Å².